The van der Waals surface area contributed by atoms with Crippen LogP contribution in [0.3, 0.4) is 0 Å². The van der Waals surface area contributed by atoms with Crippen molar-refractivity contribution in [1.82, 2.24) is 4.98 Å². The Morgan fingerprint density at radius 3 is 2.90 bits per heavy atom. The van der Waals surface area contributed by atoms with Gasteiger partial charge in [-0.3, -0.25) is 5.32 Å². The summed E-state index contributed by atoms with van der Waals surface area (Å²) in [6.07, 6.45) is -0.514. The predicted molar refractivity (Wildman–Crippen MR) is 80.2 cm³/mol. The first kappa shape index (κ1) is 13.2. The molecule has 106 valence electrons. The molecule has 0 spiro atoms. The van der Waals surface area contributed by atoms with Gasteiger partial charge in [0.25, 0.3) is 0 Å². The number of oxazole rings is 1. The zero-order valence-electron chi connectivity index (χ0n) is 11.7. The lowest BCUT2D eigenvalue weighted by molar-refractivity contribution is 0.187. The van der Waals surface area contributed by atoms with Crippen LogP contribution in [-0.4, -0.2) is 18.2 Å². The van der Waals surface area contributed by atoms with Gasteiger partial charge in [0, 0.05) is 11.3 Å². The van der Waals surface area contributed by atoms with Crippen LogP contribution in [0.5, 0.6) is 0 Å². The van der Waals surface area contributed by atoms with Crippen LogP contribution in [-0.2, 0) is 4.74 Å². The zero-order valence-corrected chi connectivity index (χ0v) is 11.7. The lowest BCUT2D eigenvalue weighted by Crippen LogP contribution is -2.10. The van der Waals surface area contributed by atoms with Gasteiger partial charge in [0.15, 0.2) is 5.58 Å². The van der Waals surface area contributed by atoms with Gasteiger partial charge in [-0.25, -0.2) is 9.78 Å². The van der Waals surface area contributed by atoms with E-state index >= 15 is 0 Å². The molecule has 0 radical (unpaired) electrons. The van der Waals surface area contributed by atoms with Crippen LogP contribution in [0.4, 0.5) is 10.5 Å². The van der Waals surface area contributed by atoms with Crippen molar-refractivity contribution >= 4 is 22.9 Å². The molecule has 0 aliphatic heterocycles. The van der Waals surface area contributed by atoms with Gasteiger partial charge >= 0.3 is 6.09 Å². The number of rotatable bonds is 2. The second-order valence-corrected chi connectivity index (χ2v) is 4.69. The average Bonchev–Trinajstić information content (AvgIpc) is 2.90. The molecule has 2 aromatic carbocycles. The Hall–Kier alpha value is -2.82. The number of anilines is 1. The minimum atomic E-state index is -0.514. The Labute approximate surface area is 121 Å². The molecule has 0 aliphatic rings. The van der Waals surface area contributed by atoms with Crippen LogP contribution in [0.2, 0.25) is 0 Å². The lowest BCUT2D eigenvalue weighted by atomic mass is 10.2. The SMILES string of the molecule is COC(=O)Nc1cccc(-c2nc3ccc(C)cc3o2)c1. The van der Waals surface area contributed by atoms with Crippen molar-refractivity contribution in [2.24, 2.45) is 0 Å². The molecular weight excluding hydrogens is 268 g/mol. The van der Waals surface area contributed by atoms with Crippen molar-refractivity contribution in [2.75, 3.05) is 12.4 Å². The van der Waals surface area contributed by atoms with E-state index in [1.807, 2.05) is 37.3 Å². The van der Waals surface area contributed by atoms with Gasteiger partial charge < -0.3 is 9.15 Å². The average molecular weight is 282 g/mol. The number of amides is 1. The number of carbonyl (C=O) groups is 1. The summed E-state index contributed by atoms with van der Waals surface area (Å²) in [5, 5.41) is 2.61. The van der Waals surface area contributed by atoms with Crippen molar-refractivity contribution in [3.8, 4) is 11.5 Å². The van der Waals surface area contributed by atoms with Gasteiger partial charge in [-0.2, -0.15) is 0 Å². The Bertz CT molecular complexity index is 808. The molecule has 3 rings (SSSR count). The number of methoxy groups -OCH3 is 1. The molecule has 5 nitrogen and oxygen atoms in total. The molecule has 0 saturated heterocycles. The molecule has 3 aromatic rings. The Morgan fingerprint density at radius 2 is 2.10 bits per heavy atom. The van der Waals surface area contributed by atoms with Gasteiger partial charge in [0.2, 0.25) is 5.89 Å². The van der Waals surface area contributed by atoms with Crippen molar-refractivity contribution in [1.29, 1.82) is 0 Å². The van der Waals surface area contributed by atoms with Gasteiger partial charge in [-0.15, -0.1) is 0 Å². The van der Waals surface area contributed by atoms with Crippen LogP contribution >= 0.6 is 0 Å². The molecule has 1 N–H and O–H groups in total. The number of aryl methyl sites for hydroxylation is 1. The van der Waals surface area contributed by atoms with Gasteiger partial charge in [0.1, 0.15) is 5.52 Å². The fourth-order valence-electron chi connectivity index (χ4n) is 2.05. The smallest absolute Gasteiger partial charge is 0.411 e. The molecule has 0 fully saturated rings. The topological polar surface area (TPSA) is 64.4 Å². The monoisotopic (exact) mass is 282 g/mol. The highest BCUT2D eigenvalue weighted by molar-refractivity contribution is 5.85. The second-order valence-electron chi connectivity index (χ2n) is 4.69. The number of carbonyl (C=O) groups excluding carboxylic acids is 1. The summed E-state index contributed by atoms with van der Waals surface area (Å²) in [4.78, 5) is 15.7. The van der Waals surface area contributed by atoms with Crippen LogP contribution in [0.1, 0.15) is 5.56 Å². The maximum atomic E-state index is 11.2. The van der Waals surface area contributed by atoms with Crippen LogP contribution in [0.25, 0.3) is 22.6 Å². The Balaban J connectivity index is 1.98. The van der Waals surface area contributed by atoms with E-state index in [4.69, 9.17) is 4.42 Å². The fraction of sp³-hybridized carbons (Fsp3) is 0.125. The van der Waals surface area contributed by atoms with E-state index in [0.717, 1.165) is 22.2 Å². The molecule has 0 bridgehead atoms. The molecule has 21 heavy (non-hydrogen) atoms. The minimum absolute atomic E-state index is 0.514. The van der Waals surface area contributed by atoms with Crippen LogP contribution in [0, 0.1) is 6.92 Å². The molecule has 0 atom stereocenters. The number of nitrogens with one attached hydrogen (secondary N) is 1. The molecule has 0 aliphatic carbocycles. The molecule has 5 heteroatoms. The normalized spacial score (nSPS) is 10.6. The van der Waals surface area contributed by atoms with E-state index in [-0.39, 0.29) is 0 Å². The summed E-state index contributed by atoms with van der Waals surface area (Å²) in [6.45, 7) is 2.00. The summed E-state index contributed by atoms with van der Waals surface area (Å²) < 4.78 is 10.3. The molecular formula is C16H14N2O3. The summed E-state index contributed by atoms with van der Waals surface area (Å²) >= 11 is 0. The molecule has 0 saturated carbocycles. The highest BCUT2D eigenvalue weighted by atomic mass is 16.5. The Morgan fingerprint density at radius 1 is 1.24 bits per heavy atom. The predicted octanol–water partition coefficient (Wildman–Crippen LogP) is 3.98. The number of aromatic nitrogens is 1. The van der Waals surface area contributed by atoms with Crippen LogP contribution < -0.4 is 5.32 Å². The Kier molecular flexibility index (Phi) is 3.31. The summed E-state index contributed by atoms with van der Waals surface area (Å²) in [5.41, 5.74) is 4.08. The first-order valence-corrected chi connectivity index (χ1v) is 6.48. The highest BCUT2D eigenvalue weighted by Gasteiger charge is 2.09. The first-order valence-electron chi connectivity index (χ1n) is 6.48. The van der Waals surface area contributed by atoms with E-state index in [2.05, 4.69) is 15.0 Å². The standard InChI is InChI=1S/C16H14N2O3/c1-10-6-7-13-14(8-10)21-15(18-13)11-4-3-5-12(9-11)17-16(19)20-2/h3-9H,1-2H3,(H,17,19). The van der Waals surface area contributed by atoms with E-state index in [0.29, 0.717) is 11.6 Å². The summed E-state index contributed by atoms with van der Waals surface area (Å²) in [7, 11) is 1.32. The quantitative estimate of drug-likeness (QED) is 0.772. The zero-order chi connectivity index (χ0) is 14.8. The third kappa shape index (κ3) is 2.72. The number of hydrogen-bond acceptors (Lipinski definition) is 4. The highest BCUT2D eigenvalue weighted by Crippen LogP contribution is 2.26. The van der Waals surface area contributed by atoms with Gasteiger partial charge in [-0.1, -0.05) is 12.1 Å². The lowest BCUT2D eigenvalue weighted by Gasteiger charge is -2.04. The first-order chi connectivity index (χ1) is 10.2. The fourth-order valence-corrected chi connectivity index (χ4v) is 2.05. The third-order valence-corrected chi connectivity index (χ3v) is 3.09. The minimum Gasteiger partial charge on any atom is -0.453 e. The number of ether oxygens (including phenoxy) is 1. The molecule has 1 aromatic heterocycles. The second kappa shape index (κ2) is 5.28. The molecule has 0 unspecified atom stereocenters. The van der Waals surface area contributed by atoms with E-state index < -0.39 is 6.09 Å². The van der Waals surface area contributed by atoms with E-state index in [9.17, 15) is 4.79 Å². The maximum absolute atomic E-state index is 11.2. The van der Waals surface area contributed by atoms with Crippen molar-refractivity contribution in [2.45, 2.75) is 6.92 Å². The molecule has 1 heterocycles. The molecule has 1 amide bonds. The number of benzene rings is 2. The van der Waals surface area contributed by atoms with Crippen molar-refractivity contribution in [3.63, 3.8) is 0 Å². The number of hydrogen-bond donors (Lipinski definition) is 1. The van der Waals surface area contributed by atoms with E-state index in [1.165, 1.54) is 7.11 Å². The summed E-state index contributed by atoms with van der Waals surface area (Å²) in [5.74, 6) is 0.518. The van der Waals surface area contributed by atoms with E-state index in [1.54, 1.807) is 12.1 Å². The van der Waals surface area contributed by atoms with Gasteiger partial charge in [0.05, 0.1) is 7.11 Å². The summed E-state index contributed by atoms with van der Waals surface area (Å²) in [6, 6.07) is 13.1. The number of fused-ring (bicyclic) bond motifs is 1. The largest absolute Gasteiger partial charge is 0.453 e. The third-order valence-electron chi connectivity index (χ3n) is 3.09. The van der Waals surface area contributed by atoms with Crippen molar-refractivity contribution in [3.05, 3.63) is 48.0 Å². The van der Waals surface area contributed by atoms with Crippen LogP contribution in [0.15, 0.2) is 46.9 Å². The van der Waals surface area contributed by atoms with Gasteiger partial charge in [-0.05, 0) is 42.8 Å². The van der Waals surface area contributed by atoms with Crippen molar-refractivity contribution < 1.29 is 13.9 Å². The maximum Gasteiger partial charge on any atom is 0.411 e. The number of nitrogens with zero attached hydrogens (tertiary/aromatic N) is 1.